The van der Waals surface area contributed by atoms with Crippen molar-refractivity contribution >= 4 is 28.8 Å². The van der Waals surface area contributed by atoms with Crippen molar-refractivity contribution in [3.05, 3.63) is 89.0 Å². The summed E-state index contributed by atoms with van der Waals surface area (Å²) >= 11 is 0. The van der Waals surface area contributed by atoms with E-state index in [9.17, 15) is 14.7 Å². The monoisotopic (exact) mass is 484 g/mol. The van der Waals surface area contributed by atoms with Gasteiger partial charge in [0, 0.05) is 18.3 Å². The molecule has 0 aliphatic carbocycles. The number of aryl methyl sites for hydroxylation is 1. The topological polar surface area (TPSA) is 79.3 Å². The minimum Gasteiger partial charge on any atom is -0.507 e. The van der Waals surface area contributed by atoms with Crippen LogP contribution in [0.2, 0.25) is 0 Å². The fourth-order valence-electron chi connectivity index (χ4n) is 4.75. The number of likely N-dealkylation sites (N-methyl/N-ethyl adjacent to an activating group) is 1. The van der Waals surface area contributed by atoms with Crippen molar-refractivity contribution in [2.75, 3.05) is 37.1 Å². The lowest BCUT2D eigenvalue weighted by molar-refractivity contribution is -0.132. The number of hydrogen-bond acceptors (Lipinski definition) is 6. The summed E-state index contributed by atoms with van der Waals surface area (Å²) in [5.74, 6) is -0.261. The predicted octanol–water partition coefficient (Wildman–Crippen LogP) is 4.71. The first-order valence-electron chi connectivity index (χ1n) is 11.9. The van der Waals surface area contributed by atoms with E-state index in [1.807, 2.05) is 48.3 Å². The second kappa shape index (κ2) is 9.41. The van der Waals surface area contributed by atoms with E-state index in [0.717, 1.165) is 17.7 Å². The van der Waals surface area contributed by atoms with Gasteiger partial charge in [0.2, 0.25) is 0 Å². The van der Waals surface area contributed by atoms with Crippen LogP contribution in [0.5, 0.6) is 11.5 Å². The van der Waals surface area contributed by atoms with Crippen LogP contribution >= 0.6 is 0 Å². The van der Waals surface area contributed by atoms with Crippen molar-refractivity contribution in [3.8, 4) is 11.5 Å². The van der Waals surface area contributed by atoms with Gasteiger partial charge < -0.3 is 19.5 Å². The van der Waals surface area contributed by atoms with E-state index >= 15 is 0 Å². The van der Waals surface area contributed by atoms with Crippen LogP contribution < -0.4 is 19.3 Å². The zero-order valence-corrected chi connectivity index (χ0v) is 20.5. The Hall–Kier alpha value is -4.26. The summed E-state index contributed by atoms with van der Waals surface area (Å²) in [6, 6.07) is 19.2. The van der Waals surface area contributed by atoms with Crippen LogP contribution in [0.15, 0.2) is 72.3 Å². The summed E-state index contributed by atoms with van der Waals surface area (Å²) in [4.78, 5) is 30.3. The highest BCUT2D eigenvalue weighted by molar-refractivity contribution is 6.51. The molecule has 7 heteroatoms. The molecule has 1 fully saturated rings. The number of ether oxygens (including phenoxy) is 2. The minimum atomic E-state index is -0.798. The van der Waals surface area contributed by atoms with E-state index in [2.05, 4.69) is 6.92 Å². The molecule has 7 nitrogen and oxygen atoms in total. The van der Waals surface area contributed by atoms with Gasteiger partial charge in [-0.05, 0) is 60.0 Å². The standard InChI is InChI=1S/C29H28N2O5/c1-4-18-5-10-21(11-6-18)31-26(19-7-12-22(35-3)13-8-19)25(28(33)29(31)34)27(32)20-9-14-24-23(17-20)30(2)15-16-36-24/h5-14,17,26,32H,4,15-16H2,1-3H3/b27-25-. The van der Waals surface area contributed by atoms with Crippen molar-refractivity contribution in [1.82, 2.24) is 0 Å². The van der Waals surface area contributed by atoms with Crippen molar-refractivity contribution in [2.24, 2.45) is 0 Å². The first kappa shape index (κ1) is 23.5. The highest BCUT2D eigenvalue weighted by Gasteiger charge is 2.47. The molecule has 0 spiro atoms. The van der Waals surface area contributed by atoms with Gasteiger partial charge in [0.25, 0.3) is 11.7 Å². The van der Waals surface area contributed by atoms with Crippen molar-refractivity contribution < 1.29 is 24.2 Å². The van der Waals surface area contributed by atoms with Gasteiger partial charge in [0.1, 0.15) is 23.9 Å². The summed E-state index contributed by atoms with van der Waals surface area (Å²) < 4.78 is 11.0. The number of rotatable bonds is 5. The average Bonchev–Trinajstić information content (AvgIpc) is 3.18. The number of benzene rings is 3. The number of ketones is 1. The predicted molar refractivity (Wildman–Crippen MR) is 139 cm³/mol. The molecule has 1 saturated heterocycles. The average molecular weight is 485 g/mol. The summed E-state index contributed by atoms with van der Waals surface area (Å²) in [7, 11) is 3.52. The Labute approximate surface area is 210 Å². The molecule has 3 aromatic carbocycles. The van der Waals surface area contributed by atoms with E-state index in [0.29, 0.717) is 41.5 Å². The molecule has 2 heterocycles. The maximum atomic E-state index is 13.4. The van der Waals surface area contributed by atoms with Crippen molar-refractivity contribution in [2.45, 2.75) is 19.4 Å². The van der Waals surface area contributed by atoms with E-state index in [4.69, 9.17) is 9.47 Å². The summed E-state index contributed by atoms with van der Waals surface area (Å²) in [5.41, 5.74) is 3.71. The van der Waals surface area contributed by atoms with Crippen LogP contribution in [-0.2, 0) is 16.0 Å². The van der Waals surface area contributed by atoms with Gasteiger partial charge in [-0.2, -0.15) is 0 Å². The Morgan fingerprint density at radius 3 is 2.44 bits per heavy atom. The maximum Gasteiger partial charge on any atom is 0.300 e. The second-order valence-electron chi connectivity index (χ2n) is 8.91. The van der Waals surface area contributed by atoms with Crippen molar-refractivity contribution in [3.63, 3.8) is 0 Å². The lowest BCUT2D eigenvalue weighted by Gasteiger charge is -2.28. The molecule has 36 heavy (non-hydrogen) atoms. The number of carbonyl (C=O) groups excluding carboxylic acids is 2. The van der Waals surface area contributed by atoms with Gasteiger partial charge in [-0.3, -0.25) is 14.5 Å². The Morgan fingerprint density at radius 1 is 1.06 bits per heavy atom. The Balaban J connectivity index is 1.67. The van der Waals surface area contributed by atoms with Crippen LogP contribution in [0.3, 0.4) is 0 Å². The number of aliphatic hydroxyl groups is 1. The van der Waals surface area contributed by atoms with E-state index in [1.54, 1.807) is 37.4 Å². The number of anilines is 2. The SMILES string of the molecule is CCc1ccc(N2C(=O)C(=O)/C(=C(\O)c3ccc4c(c3)N(C)CCO4)C2c2ccc(OC)cc2)cc1. The third-order valence-corrected chi connectivity index (χ3v) is 6.83. The van der Waals surface area contributed by atoms with Gasteiger partial charge in [-0.25, -0.2) is 0 Å². The highest BCUT2D eigenvalue weighted by Crippen LogP contribution is 2.43. The smallest absolute Gasteiger partial charge is 0.300 e. The molecule has 1 unspecified atom stereocenters. The molecule has 1 N–H and O–H groups in total. The lowest BCUT2D eigenvalue weighted by Crippen LogP contribution is -2.29. The molecule has 0 saturated carbocycles. The molecule has 0 aromatic heterocycles. The number of nitrogens with zero attached hydrogens (tertiary/aromatic N) is 2. The van der Waals surface area contributed by atoms with Crippen LogP contribution in [-0.4, -0.2) is 44.1 Å². The van der Waals surface area contributed by atoms with E-state index < -0.39 is 17.7 Å². The third-order valence-electron chi connectivity index (χ3n) is 6.83. The number of methoxy groups -OCH3 is 1. The molecule has 5 rings (SSSR count). The maximum absolute atomic E-state index is 13.4. The summed E-state index contributed by atoms with van der Waals surface area (Å²) in [6.07, 6.45) is 0.859. The normalized spacial score (nSPS) is 18.7. The number of hydrogen-bond donors (Lipinski definition) is 1. The lowest BCUT2D eigenvalue weighted by atomic mass is 9.94. The van der Waals surface area contributed by atoms with Crippen LogP contribution in [0, 0.1) is 0 Å². The first-order valence-corrected chi connectivity index (χ1v) is 11.9. The van der Waals surface area contributed by atoms with Crippen LogP contribution in [0.4, 0.5) is 11.4 Å². The van der Waals surface area contributed by atoms with Gasteiger partial charge in [-0.1, -0.05) is 31.2 Å². The molecule has 1 amide bonds. The summed E-state index contributed by atoms with van der Waals surface area (Å²) in [6.45, 7) is 3.34. The molecule has 1 atom stereocenters. The first-order chi connectivity index (χ1) is 17.4. The molecule has 3 aromatic rings. The van der Waals surface area contributed by atoms with Gasteiger partial charge >= 0.3 is 0 Å². The van der Waals surface area contributed by atoms with Crippen LogP contribution in [0.25, 0.3) is 5.76 Å². The van der Waals surface area contributed by atoms with Crippen LogP contribution in [0.1, 0.15) is 29.7 Å². The minimum absolute atomic E-state index is 0.0454. The molecular weight excluding hydrogens is 456 g/mol. The van der Waals surface area contributed by atoms with E-state index in [-0.39, 0.29) is 11.3 Å². The molecule has 0 radical (unpaired) electrons. The molecule has 2 aliphatic rings. The molecular formula is C29H28N2O5. The highest BCUT2D eigenvalue weighted by atomic mass is 16.5. The number of Topliss-reactive ketones (excluding diaryl/α,β-unsaturated/α-hetero) is 1. The Morgan fingerprint density at radius 2 is 1.78 bits per heavy atom. The number of aliphatic hydroxyl groups excluding tert-OH is 1. The zero-order chi connectivity index (χ0) is 25.4. The number of fused-ring (bicyclic) bond motifs is 1. The molecule has 0 bridgehead atoms. The second-order valence-corrected chi connectivity index (χ2v) is 8.91. The van der Waals surface area contributed by atoms with Gasteiger partial charge in [-0.15, -0.1) is 0 Å². The summed E-state index contributed by atoms with van der Waals surface area (Å²) in [5, 5.41) is 11.5. The zero-order valence-electron chi connectivity index (χ0n) is 20.5. The largest absolute Gasteiger partial charge is 0.507 e. The van der Waals surface area contributed by atoms with Crippen molar-refractivity contribution in [1.29, 1.82) is 0 Å². The van der Waals surface area contributed by atoms with Gasteiger partial charge in [0.05, 0.1) is 31.0 Å². The Bertz CT molecular complexity index is 1350. The molecule has 2 aliphatic heterocycles. The third kappa shape index (κ3) is 3.96. The molecule has 184 valence electrons. The fraction of sp³-hybridized carbons (Fsp3) is 0.241. The number of amides is 1. The van der Waals surface area contributed by atoms with E-state index in [1.165, 1.54) is 4.90 Å². The quantitative estimate of drug-likeness (QED) is 0.321. The fourth-order valence-corrected chi connectivity index (χ4v) is 4.75. The Kier molecular flexibility index (Phi) is 6.14. The number of carbonyl (C=O) groups is 2. The van der Waals surface area contributed by atoms with Gasteiger partial charge in [0.15, 0.2) is 0 Å².